The Morgan fingerprint density at radius 1 is 1.00 bits per heavy atom. The number of carbonyl (C=O) groups is 2. The van der Waals surface area contributed by atoms with Crippen molar-refractivity contribution in [3.8, 4) is 11.1 Å². The standard InChI is InChI=1S/C25H23NO3S2/c1-3-10-18-17-13-8-9-14-20(17)31-22(18)23(27)26-24-21(25(28)29-4-2)19(15-30-24)16-11-6-5-7-12-16/h5-9,11-15H,3-4,10H2,1-2H3,(H,26,27). The SMILES string of the molecule is CCCc1c(C(=O)Nc2scc(-c3ccccc3)c2C(=O)OCC)sc2ccccc12. The second-order valence-corrected chi connectivity index (χ2v) is 8.98. The zero-order valence-electron chi connectivity index (χ0n) is 17.4. The van der Waals surface area contributed by atoms with Crippen LogP contribution in [-0.4, -0.2) is 18.5 Å². The fraction of sp³-hybridized carbons (Fsp3) is 0.200. The lowest BCUT2D eigenvalue weighted by molar-refractivity contribution is 0.0529. The lowest BCUT2D eigenvalue weighted by Gasteiger charge is -2.09. The van der Waals surface area contributed by atoms with Gasteiger partial charge in [-0.15, -0.1) is 22.7 Å². The summed E-state index contributed by atoms with van der Waals surface area (Å²) in [5.74, 6) is -0.611. The van der Waals surface area contributed by atoms with Gasteiger partial charge in [-0.05, 0) is 35.9 Å². The largest absolute Gasteiger partial charge is 0.462 e. The van der Waals surface area contributed by atoms with Crippen molar-refractivity contribution in [2.45, 2.75) is 26.7 Å². The van der Waals surface area contributed by atoms with E-state index in [1.165, 1.54) is 22.7 Å². The van der Waals surface area contributed by atoms with E-state index in [0.29, 0.717) is 15.4 Å². The van der Waals surface area contributed by atoms with Crippen LogP contribution >= 0.6 is 22.7 Å². The number of fused-ring (bicyclic) bond motifs is 1. The van der Waals surface area contributed by atoms with Crippen LogP contribution in [0, 0.1) is 0 Å². The Morgan fingerprint density at radius 2 is 1.74 bits per heavy atom. The highest BCUT2D eigenvalue weighted by molar-refractivity contribution is 7.21. The van der Waals surface area contributed by atoms with E-state index in [0.717, 1.165) is 39.6 Å². The lowest BCUT2D eigenvalue weighted by atomic mass is 10.0. The molecule has 1 amide bonds. The molecule has 4 nitrogen and oxygen atoms in total. The number of hydrogen-bond donors (Lipinski definition) is 1. The topological polar surface area (TPSA) is 55.4 Å². The van der Waals surface area contributed by atoms with E-state index in [1.807, 2.05) is 53.9 Å². The quantitative estimate of drug-likeness (QED) is 0.309. The number of amides is 1. The Kier molecular flexibility index (Phi) is 6.49. The Labute approximate surface area is 189 Å². The molecule has 31 heavy (non-hydrogen) atoms. The number of benzene rings is 2. The fourth-order valence-electron chi connectivity index (χ4n) is 3.63. The molecule has 0 aliphatic heterocycles. The molecule has 0 unspecified atom stereocenters. The van der Waals surface area contributed by atoms with Gasteiger partial charge in [0.1, 0.15) is 10.6 Å². The van der Waals surface area contributed by atoms with Crippen molar-refractivity contribution in [1.82, 2.24) is 0 Å². The molecule has 0 aliphatic carbocycles. The third-order valence-corrected chi connectivity index (χ3v) is 7.09. The van der Waals surface area contributed by atoms with E-state index < -0.39 is 5.97 Å². The molecule has 4 rings (SSSR count). The van der Waals surface area contributed by atoms with E-state index in [1.54, 1.807) is 6.92 Å². The molecule has 158 valence electrons. The molecule has 0 spiro atoms. The van der Waals surface area contributed by atoms with E-state index in [9.17, 15) is 9.59 Å². The van der Waals surface area contributed by atoms with Gasteiger partial charge < -0.3 is 10.1 Å². The monoisotopic (exact) mass is 449 g/mol. The minimum atomic E-state index is -0.428. The predicted octanol–water partition coefficient (Wildman–Crippen LogP) is 7.01. The highest BCUT2D eigenvalue weighted by Crippen LogP contribution is 2.38. The number of nitrogens with one attached hydrogen (secondary N) is 1. The molecule has 0 saturated heterocycles. The van der Waals surface area contributed by atoms with Crippen molar-refractivity contribution in [2.24, 2.45) is 0 Å². The normalized spacial score (nSPS) is 10.9. The molecule has 0 radical (unpaired) electrons. The predicted molar refractivity (Wildman–Crippen MR) is 129 cm³/mol. The number of thiophene rings is 2. The van der Waals surface area contributed by atoms with Crippen molar-refractivity contribution >= 4 is 49.6 Å². The number of rotatable bonds is 7. The summed E-state index contributed by atoms with van der Waals surface area (Å²) in [6, 6.07) is 17.8. The van der Waals surface area contributed by atoms with Crippen LogP contribution in [0.25, 0.3) is 21.2 Å². The van der Waals surface area contributed by atoms with Gasteiger partial charge in [-0.1, -0.05) is 61.9 Å². The van der Waals surface area contributed by atoms with Crippen LogP contribution in [0.4, 0.5) is 5.00 Å². The molecule has 4 aromatic rings. The Bertz CT molecular complexity index is 1220. The molecule has 1 N–H and O–H groups in total. The third kappa shape index (κ3) is 4.27. The third-order valence-electron chi connectivity index (χ3n) is 4.99. The Morgan fingerprint density at radius 3 is 2.48 bits per heavy atom. The molecule has 2 aromatic carbocycles. The van der Waals surface area contributed by atoms with Crippen LogP contribution in [-0.2, 0) is 11.2 Å². The summed E-state index contributed by atoms with van der Waals surface area (Å²) in [5.41, 5.74) is 3.16. The maximum Gasteiger partial charge on any atom is 0.341 e. The smallest absolute Gasteiger partial charge is 0.341 e. The van der Waals surface area contributed by atoms with Crippen LogP contribution in [0.2, 0.25) is 0 Å². The van der Waals surface area contributed by atoms with E-state index >= 15 is 0 Å². The summed E-state index contributed by atoms with van der Waals surface area (Å²) in [5, 5.41) is 6.55. The zero-order chi connectivity index (χ0) is 21.8. The second kappa shape index (κ2) is 9.45. The second-order valence-electron chi connectivity index (χ2n) is 7.05. The van der Waals surface area contributed by atoms with Crippen molar-refractivity contribution in [2.75, 3.05) is 11.9 Å². The van der Waals surface area contributed by atoms with Gasteiger partial charge in [-0.25, -0.2) is 4.79 Å². The fourth-order valence-corrected chi connectivity index (χ4v) is 5.73. The highest BCUT2D eigenvalue weighted by atomic mass is 32.1. The summed E-state index contributed by atoms with van der Waals surface area (Å²) >= 11 is 2.84. The number of aryl methyl sites for hydroxylation is 1. The van der Waals surface area contributed by atoms with Crippen molar-refractivity contribution in [1.29, 1.82) is 0 Å². The van der Waals surface area contributed by atoms with E-state index in [-0.39, 0.29) is 12.5 Å². The van der Waals surface area contributed by atoms with Gasteiger partial charge in [0.2, 0.25) is 0 Å². The van der Waals surface area contributed by atoms with Gasteiger partial charge in [0.15, 0.2) is 0 Å². The van der Waals surface area contributed by atoms with Crippen LogP contribution in [0.15, 0.2) is 60.0 Å². The molecule has 0 fully saturated rings. The van der Waals surface area contributed by atoms with Crippen molar-refractivity contribution in [3.63, 3.8) is 0 Å². The first-order valence-corrected chi connectivity index (χ1v) is 12.0. The first kappa shape index (κ1) is 21.3. The van der Waals surface area contributed by atoms with Gasteiger partial charge in [0, 0.05) is 15.6 Å². The summed E-state index contributed by atoms with van der Waals surface area (Å²) in [7, 11) is 0. The van der Waals surface area contributed by atoms with Crippen LogP contribution in [0.3, 0.4) is 0 Å². The summed E-state index contributed by atoms with van der Waals surface area (Å²) in [4.78, 5) is 26.8. The molecular formula is C25H23NO3S2. The van der Waals surface area contributed by atoms with Crippen molar-refractivity contribution < 1.29 is 14.3 Å². The van der Waals surface area contributed by atoms with Crippen LogP contribution in [0.1, 0.15) is 45.9 Å². The van der Waals surface area contributed by atoms with Gasteiger partial charge in [0.05, 0.1) is 11.5 Å². The molecule has 2 aromatic heterocycles. The van der Waals surface area contributed by atoms with E-state index in [4.69, 9.17) is 4.74 Å². The van der Waals surface area contributed by atoms with Gasteiger partial charge in [0.25, 0.3) is 5.91 Å². The number of ether oxygens (including phenoxy) is 1. The molecule has 0 bridgehead atoms. The van der Waals surface area contributed by atoms with Gasteiger partial charge in [-0.2, -0.15) is 0 Å². The molecule has 0 atom stereocenters. The number of carbonyl (C=O) groups excluding carboxylic acids is 2. The highest BCUT2D eigenvalue weighted by Gasteiger charge is 2.25. The molecule has 0 saturated carbocycles. The first-order chi connectivity index (χ1) is 15.1. The van der Waals surface area contributed by atoms with Crippen LogP contribution in [0.5, 0.6) is 0 Å². The minimum Gasteiger partial charge on any atom is -0.462 e. The first-order valence-electron chi connectivity index (χ1n) is 10.3. The molecule has 0 aliphatic rings. The molecule has 6 heteroatoms. The van der Waals surface area contributed by atoms with E-state index in [2.05, 4.69) is 18.3 Å². The Hall–Kier alpha value is -2.96. The van der Waals surface area contributed by atoms with Crippen molar-refractivity contribution in [3.05, 3.63) is 76.0 Å². The maximum atomic E-state index is 13.3. The Balaban J connectivity index is 1.74. The average Bonchev–Trinajstić information content (AvgIpc) is 3.37. The average molecular weight is 450 g/mol. The maximum absolute atomic E-state index is 13.3. The molecule has 2 heterocycles. The lowest BCUT2D eigenvalue weighted by Crippen LogP contribution is -2.15. The summed E-state index contributed by atoms with van der Waals surface area (Å²) in [6.07, 6.45) is 1.78. The van der Waals surface area contributed by atoms with Gasteiger partial charge >= 0.3 is 5.97 Å². The summed E-state index contributed by atoms with van der Waals surface area (Å²) < 4.78 is 6.40. The van der Waals surface area contributed by atoms with Crippen LogP contribution < -0.4 is 5.32 Å². The zero-order valence-corrected chi connectivity index (χ0v) is 19.1. The number of anilines is 1. The van der Waals surface area contributed by atoms with Gasteiger partial charge in [-0.3, -0.25) is 4.79 Å². The number of hydrogen-bond acceptors (Lipinski definition) is 5. The minimum absolute atomic E-state index is 0.184. The molecular weight excluding hydrogens is 426 g/mol. The number of esters is 1. The summed E-state index contributed by atoms with van der Waals surface area (Å²) in [6.45, 7) is 4.16.